The van der Waals surface area contributed by atoms with Crippen molar-refractivity contribution in [1.29, 1.82) is 0 Å². The molecule has 0 bridgehead atoms. The quantitative estimate of drug-likeness (QED) is 0.430. The Balaban J connectivity index is 2.54. The van der Waals surface area contributed by atoms with Gasteiger partial charge in [-0.2, -0.15) is 0 Å². The summed E-state index contributed by atoms with van der Waals surface area (Å²) in [5.74, 6) is 0. The number of rotatable bonds is 0. The van der Waals surface area contributed by atoms with Crippen molar-refractivity contribution >= 4 is 47.0 Å². The summed E-state index contributed by atoms with van der Waals surface area (Å²) in [6.07, 6.45) is 2.15. The summed E-state index contributed by atoms with van der Waals surface area (Å²) in [6, 6.07) is 0. The molecule has 0 amide bonds. The summed E-state index contributed by atoms with van der Waals surface area (Å²) in [5, 5.41) is 1.57. The van der Waals surface area contributed by atoms with E-state index in [2.05, 4.69) is 47.6 Å². The van der Waals surface area contributed by atoms with Crippen molar-refractivity contribution in [3.05, 3.63) is 0 Å². The fourth-order valence-corrected chi connectivity index (χ4v) is 9.89. The van der Waals surface area contributed by atoms with E-state index in [-0.39, 0.29) is 0 Å². The second-order valence-electron chi connectivity index (χ2n) is 2.28. The molecular weight excluding hydrogens is 393 g/mol. The Morgan fingerprint density at radius 1 is 1.50 bits per heavy atom. The molecule has 1 atom stereocenters. The van der Waals surface area contributed by atoms with Gasteiger partial charge in [0.2, 0.25) is 0 Å². The van der Waals surface area contributed by atoms with Gasteiger partial charge < -0.3 is 0 Å². The minimum atomic E-state index is -0.866. The molecule has 8 heavy (non-hydrogen) atoms. The summed E-state index contributed by atoms with van der Waals surface area (Å²) in [6.45, 7) is 2.42. The summed E-state index contributed by atoms with van der Waals surface area (Å²) in [5.41, 5.74) is 0. The van der Waals surface area contributed by atoms with Crippen molar-refractivity contribution in [2.24, 2.45) is 0 Å². The van der Waals surface area contributed by atoms with Crippen LogP contribution in [0.1, 0.15) is 19.8 Å². The molecule has 1 unspecified atom stereocenters. The van der Waals surface area contributed by atoms with Gasteiger partial charge in [-0.1, -0.05) is 0 Å². The van der Waals surface area contributed by atoms with Gasteiger partial charge in [-0.25, -0.2) is 0 Å². The first-order chi connectivity index (χ1) is 3.63. The van der Waals surface area contributed by atoms with Gasteiger partial charge in [0.1, 0.15) is 0 Å². The van der Waals surface area contributed by atoms with Crippen molar-refractivity contribution < 1.29 is 0 Å². The van der Waals surface area contributed by atoms with Crippen LogP contribution in [0.4, 0.5) is 0 Å². The average Bonchev–Trinajstić information content (AvgIpc) is 1.86. The molecule has 0 saturated carbocycles. The maximum absolute atomic E-state index is 2.74. The fourth-order valence-electron chi connectivity index (χ4n) is 0.937. The molecule has 1 saturated heterocycles. The molecule has 3 heteroatoms. The molecule has 1 aliphatic rings. The average molecular weight is 403 g/mol. The third-order valence-corrected chi connectivity index (χ3v) is 19.9. The molecular formula is C5H10I2Se. The van der Waals surface area contributed by atoms with E-state index < -0.39 is 6.35 Å². The van der Waals surface area contributed by atoms with Crippen molar-refractivity contribution in [3.63, 3.8) is 0 Å². The van der Waals surface area contributed by atoms with Crippen LogP contribution in [0.25, 0.3) is 0 Å². The molecule has 0 nitrogen and oxygen atoms in total. The molecule has 0 aliphatic carbocycles. The third kappa shape index (κ3) is 1.73. The van der Waals surface area contributed by atoms with Gasteiger partial charge in [-0.3, -0.25) is 0 Å². The Kier molecular flexibility index (Phi) is 2.95. The molecule has 1 aliphatic heterocycles. The first-order valence-electron chi connectivity index (χ1n) is 2.82. The maximum atomic E-state index is 2.74. The van der Waals surface area contributed by atoms with Crippen molar-refractivity contribution in [2.45, 2.75) is 29.9 Å². The van der Waals surface area contributed by atoms with Gasteiger partial charge in [0.25, 0.3) is 0 Å². The van der Waals surface area contributed by atoms with Gasteiger partial charge in [0, 0.05) is 0 Å². The van der Waals surface area contributed by atoms with E-state index in [4.69, 9.17) is 0 Å². The van der Waals surface area contributed by atoms with E-state index in [9.17, 15) is 0 Å². The molecule has 0 aromatic rings. The summed E-state index contributed by atoms with van der Waals surface area (Å²) in [7, 11) is 0. The van der Waals surface area contributed by atoms with E-state index in [1.54, 1.807) is 5.32 Å². The predicted molar refractivity (Wildman–Crippen MR) is 57.3 cm³/mol. The zero-order valence-electron chi connectivity index (χ0n) is 4.86. The zero-order chi connectivity index (χ0) is 6.20. The van der Waals surface area contributed by atoms with E-state index >= 15 is 0 Å². The zero-order valence-corrected chi connectivity index (χ0v) is 10.9. The van der Waals surface area contributed by atoms with E-state index in [0.29, 0.717) is 0 Å². The first kappa shape index (κ1) is 8.08. The second-order valence-corrected chi connectivity index (χ2v) is 32.5. The molecule has 0 radical (unpaired) electrons. The van der Waals surface area contributed by atoms with Crippen molar-refractivity contribution in [1.82, 2.24) is 0 Å². The normalized spacial score (nSPS) is 39.6. The first-order valence-corrected chi connectivity index (χ1v) is 15.5. The van der Waals surface area contributed by atoms with Crippen LogP contribution in [0.5, 0.6) is 0 Å². The SMILES string of the molecule is CC1CCC[Se]1(I)I. The number of hydrogen-bond donors (Lipinski definition) is 0. The number of halogens is 2. The molecule has 0 spiro atoms. The molecule has 1 heterocycles. The Bertz CT molecular complexity index is 92.4. The van der Waals surface area contributed by atoms with Crippen molar-refractivity contribution in [2.75, 3.05) is 0 Å². The number of hydrogen-bond acceptors (Lipinski definition) is 0. The Morgan fingerprint density at radius 2 is 2.12 bits per heavy atom. The van der Waals surface area contributed by atoms with Gasteiger partial charge >= 0.3 is 76.9 Å². The van der Waals surface area contributed by atoms with Gasteiger partial charge in [0.05, 0.1) is 0 Å². The van der Waals surface area contributed by atoms with E-state index in [1.165, 1.54) is 12.8 Å². The van der Waals surface area contributed by atoms with E-state index in [1.807, 2.05) is 0 Å². The van der Waals surface area contributed by atoms with Gasteiger partial charge in [-0.05, 0) is 0 Å². The van der Waals surface area contributed by atoms with Crippen LogP contribution in [0.2, 0.25) is 10.1 Å². The molecule has 0 aromatic carbocycles. The van der Waals surface area contributed by atoms with Crippen molar-refractivity contribution in [3.8, 4) is 0 Å². The van der Waals surface area contributed by atoms with E-state index in [0.717, 1.165) is 4.82 Å². The monoisotopic (exact) mass is 404 g/mol. The molecule has 1 rings (SSSR count). The third-order valence-electron chi connectivity index (χ3n) is 1.62. The second kappa shape index (κ2) is 2.93. The van der Waals surface area contributed by atoms with Crippen LogP contribution in [-0.4, -0.2) is 6.35 Å². The van der Waals surface area contributed by atoms with Crippen LogP contribution in [0, 0.1) is 0 Å². The molecule has 0 aromatic heterocycles. The van der Waals surface area contributed by atoms with Crippen LogP contribution in [0.15, 0.2) is 0 Å². The minimum absolute atomic E-state index is 0.866. The molecule has 0 N–H and O–H groups in total. The summed E-state index contributed by atoms with van der Waals surface area (Å²) < 4.78 is 0. The van der Waals surface area contributed by atoms with Crippen LogP contribution in [-0.2, 0) is 0 Å². The van der Waals surface area contributed by atoms with Crippen LogP contribution >= 0.6 is 40.7 Å². The predicted octanol–water partition coefficient (Wildman–Crippen LogP) is 3.48. The summed E-state index contributed by atoms with van der Waals surface area (Å²) >= 11 is 5.47. The Hall–Kier alpha value is 1.98. The summed E-state index contributed by atoms with van der Waals surface area (Å²) in [4.78, 5) is 1.09. The topological polar surface area (TPSA) is 0 Å². The van der Waals surface area contributed by atoms with Crippen LogP contribution < -0.4 is 0 Å². The Morgan fingerprint density at radius 3 is 2.25 bits per heavy atom. The molecule has 50 valence electrons. The Labute approximate surface area is 75.9 Å². The van der Waals surface area contributed by atoms with Gasteiger partial charge in [-0.15, -0.1) is 0 Å². The standard InChI is InChI=1S/C5H10I2Se/c1-5-3-2-4-8(5,6)7/h5H,2-4H2,1H3. The fraction of sp³-hybridized carbons (Fsp3) is 1.00. The van der Waals surface area contributed by atoms with Gasteiger partial charge in [0.15, 0.2) is 0 Å². The van der Waals surface area contributed by atoms with Crippen LogP contribution in [0.3, 0.4) is 0 Å². The molecule has 1 fully saturated rings.